The van der Waals surface area contributed by atoms with Crippen molar-refractivity contribution in [3.63, 3.8) is 0 Å². The smallest absolute Gasteiger partial charge is 0.219 e. The van der Waals surface area contributed by atoms with Gasteiger partial charge in [-0.25, -0.2) is 4.98 Å². The largest absolute Gasteiger partial charge is 0.439 e. The van der Waals surface area contributed by atoms with E-state index in [4.69, 9.17) is 16.3 Å². The molecule has 1 atom stereocenters. The first-order valence-electron chi connectivity index (χ1n) is 5.64. The number of aryl methyl sites for hydroxylation is 1. The van der Waals surface area contributed by atoms with Gasteiger partial charge in [-0.05, 0) is 43.2 Å². The molecule has 0 radical (unpaired) electrons. The number of nitrogens with zero attached hydrogens (tertiary/aromatic N) is 1. The van der Waals surface area contributed by atoms with Crippen LogP contribution in [-0.4, -0.2) is 10.1 Å². The molecule has 18 heavy (non-hydrogen) atoms. The number of aliphatic hydroxyl groups is 1. The Bertz CT molecular complexity index is 555. The molecule has 0 fully saturated rings. The summed E-state index contributed by atoms with van der Waals surface area (Å²) >= 11 is 5.92. The van der Waals surface area contributed by atoms with Crippen molar-refractivity contribution in [1.82, 2.24) is 4.98 Å². The van der Waals surface area contributed by atoms with Crippen LogP contribution in [0.25, 0.3) is 0 Å². The lowest BCUT2D eigenvalue weighted by Crippen LogP contribution is -1.95. The molecule has 0 aliphatic rings. The van der Waals surface area contributed by atoms with Crippen LogP contribution in [0.4, 0.5) is 0 Å². The highest BCUT2D eigenvalue weighted by Gasteiger charge is 2.06. The van der Waals surface area contributed by atoms with Gasteiger partial charge in [-0.2, -0.15) is 0 Å². The molecular formula is C14H14ClNO2. The molecule has 0 saturated heterocycles. The average Bonchev–Trinajstić information content (AvgIpc) is 2.34. The Labute approximate surface area is 111 Å². The molecule has 1 N–H and O–H groups in total. The average molecular weight is 264 g/mol. The summed E-state index contributed by atoms with van der Waals surface area (Å²) in [5.41, 5.74) is 1.74. The number of pyridine rings is 1. The summed E-state index contributed by atoms with van der Waals surface area (Å²) in [4.78, 5) is 4.11. The van der Waals surface area contributed by atoms with Crippen LogP contribution in [0.2, 0.25) is 5.02 Å². The summed E-state index contributed by atoms with van der Waals surface area (Å²) in [5, 5.41) is 10.1. The standard InChI is InChI=1S/C14H14ClNO2/c1-9-3-4-12(15)8-13(9)18-14-7-11(10(2)17)5-6-16-14/h3-8,10,17H,1-2H3/t10-/m1/s1. The van der Waals surface area contributed by atoms with Crippen molar-refractivity contribution >= 4 is 11.6 Å². The van der Waals surface area contributed by atoms with Crippen molar-refractivity contribution in [2.75, 3.05) is 0 Å². The molecule has 0 aliphatic carbocycles. The first-order chi connectivity index (χ1) is 8.56. The molecule has 0 unspecified atom stereocenters. The maximum Gasteiger partial charge on any atom is 0.219 e. The Morgan fingerprint density at radius 2 is 2.06 bits per heavy atom. The van der Waals surface area contributed by atoms with Crippen molar-refractivity contribution < 1.29 is 9.84 Å². The fourth-order valence-corrected chi connectivity index (χ4v) is 1.70. The number of aromatic nitrogens is 1. The van der Waals surface area contributed by atoms with E-state index in [0.717, 1.165) is 11.1 Å². The number of ether oxygens (including phenoxy) is 1. The third-order valence-corrected chi connectivity index (χ3v) is 2.84. The lowest BCUT2D eigenvalue weighted by molar-refractivity contribution is 0.198. The SMILES string of the molecule is Cc1ccc(Cl)cc1Oc1cc([C@@H](C)O)ccn1. The number of aliphatic hydroxyl groups excluding tert-OH is 1. The van der Waals surface area contributed by atoms with Gasteiger partial charge < -0.3 is 9.84 Å². The van der Waals surface area contributed by atoms with Crippen LogP contribution in [0.15, 0.2) is 36.5 Å². The van der Waals surface area contributed by atoms with Crippen LogP contribution >= 0.6 is 11.6 Å². The van der Waals surface area contributed by atoms with Crippen LogP contribution in [0.5, 0.6) is 11.6 Å². The fourth-order valence-electron chi connectivity index (χ4n) is 1.54. The van der Waals surface area contributed by atoms with Gasteiger partial charge in [-0.3, -0.25) is 0 Å². The van der Waals surface area contributed by atoms with Crippen LogP contribution in [0, 0.1) is 6.92 Å². The lowest BCUT2D eigenvalue weighted by Gasteiger charge is -2.10. The minimum atomic E-state index is -0.546. The van der Waals surface area contributed by atoms with E-state index in [1.165, 1.54) is 0 Å². The van der Waals surface area contributed by atoms with Crippen molar-refractivity contribution in [3.05, 3.63) is 52.7 Å². The molecule has 1 aromatic carbocycles. The molecule has 0 amide bonds. The summed E-state index contributed by atoms with van der Waals surface area (Å²) in [6.07, 6.45) is 1.06. The Kier molecular flexibility index (Phi) is 3.84. The monoisotopic (exact) mass is 263 g/mol. The summed E-state index contributed by atoms with van der Waals surface area (Å²) in [6.45, 7) is 3.63. The quantitative estimate of drug-likeness (QED) is 0.914. The molecule has 0 bridgehead atoms. The Morgan fingerprint density at radius 3 is 2.78 bits per heavy atom. The summed E-state index contributed by atoms with van der Waals surface area (Å²) in [5.74, 6) is 1.11. The highest BCUT2D eigenvalue weighted by molar-refractivity contribution is 6.30. The van der Waals surface area contributed by atoms with Crippen LogP contribution < -0.4 is 4.74 Å². The third-order valence-electron chi connectivity index (χ3n) is 2.61. The second-order valence-electron chi connectivity index (χ2n) is 4.12. The molecule has 4 heteroatoms. The topological polar surface area (TPSA) is 42.4 Å². The van der Waals surface area contributed by atoms with Gasteiger partial charge in [-0.1, -0.05) is 17.7 Å². The zero-order chi connectivity index (χ0) is 13.1. The molecule has 1 heterocycles. The number of halogens is 1. The normalized spacial score (nSPS) is 12.2. The van der Waals surface area contributed by atoms with E-state index in [2.05, 4.69) is 4.98 Å². The van der Waals surface area contributed by atoms with E-state index < -0.39 is 6.10 Å². The zero-order valence-electron chi connectivity index (χ0n) is 10.2. The third kappa shape index (κ3) is 3.00. The summed E-state index contributed by atoms with van der Waals surface area (Å²) < 4.78 is 5.67. The van der Waals surface area contributed by atoms with E-state index in [-0.39, 0.29) is 0 Å². The van der Waals surface area contributed by atoms with Gasteiger partial charge in [0.05, 0.1) is 6.10 Å². The molecule has 3 nitrogen and oxygen atoms in total. The van der Waals surface area contributed by atoms with Crippen LogP contribution in [0.3, 0.4) is 0 Å². The molecule has 94 valence electrons. The van der Waals surface area contributed by atoms with E-state index in [1.54, 1.807) is 31.3 Å². The van der Waals surface area contributed by atoms with Crippen molar-refractivity contribution in [3.8, 4) is 11.6 Å². The highest BCUT2D eigenvalue weighted by Crippen LogP contribution is 2.27. The predicted octanol–water partition coefficient (Wildman–Crippen LogP) is 3.89. The van der Waals surface area contributed by atoms with Gasteiger partial charge in [0.25, 0.3) is 0 Å². The second kappa shape index (κ2) is 5.38. The molecule has 1 aromatic heterocycles. The first-order valence-corrected chi connectivity index (χ1v) is 6.02. The van der Waals surface area contributed by atoms with E-state index in [1.807, 2.05) is 19.1 Å². The van der Waals surface area contributed by atoms with Crippen LogP contribution in [0.1, 0.15) is 24.2 Å². The maximum absolute atomic E-state index is 9.51. The molecular weight excluding hydrogens is 250 g/mol. The maximum atomic E-state index is 9.51. The van der Waals surface area contributed by atoms with E-state index in [9.17, 15) is 5.11 Å². The Morgan fingerprint density at radius 1 is 1.28 bits per heavy atom. The van der Waals surface area contributed by atoms with Gasteiger partial charge in [0.1, 0.15) is 5.75 Å². The van der Waals surface area contributed by atoms with Crippen LogP contribution in [-0.2, 0) is 0 Å². The molecule has 0 aliphatic heterocycles. The van der Waals surface area contributed by atoms with Crippen molar-refractivity contribution in [2.24, 2.45) is 0 Å². The highest BCUT2D eigenvalue weighted by atomic mass is 35.5. The number of hydrogen-bond donors (Lipinski definition) is 1. The van der Waals surface area contributed by atoms with Gasteiger partial charge >= 0.3 is 0 Å². The van der Waals surface area contributed by atoms with Gasteiger partial charge in [0.15, 0.2) is 0 Å². The number of rotatable bonds is 3. The minimum absolute atomic E-state index is 0.443. The van der Waals surface area contributed by atoms with Crippen molar-refractivity contribution in [1.29, 1.82) is 0 Å². The second-order valence-corrected chi connectivity index (χ2v) is 4.55. The lowest BCUT2D eigenvalue weighted by atomic mass is 10.2. The predicted molar refractivity (Wildman–Crippen MR) is 71.1 cm³/mol. The zero-order valence-corrected chi connectivity index (χ0v) is 11.0. The Balaban J connectivity index is 2.28. The summed E-state index contributed by atoms with van der Waals surface area (Å²) in [6, 6.07) is 8.90. The minimum Gasteiger partial charge on any atom is -0.439 e. The molecule has 0 saturated carbocycles. The van der Waals surface area contributed by atoms with E-state index >= 15 is 0 Å². The van der Waals surface area contributed by atoms with Gasteiger partial charge in [0, 0.05) is 17.3 Å². The molecule has 0 spiro atoms. The van der Waals surface area contributed by atoms with E-state index in [0.29, 0.717) is 16.7 Å². The van der Waals surface area contributed by atoms with Crippen molar-refractivity contribution in [2.45, 2.75) is 20.0 Å². The number of benzene rings is 1. The fraction of sp³-hybridized carbons (Fsp3) is 0.214. The number of hydrogen-bond acceptors (Lipinski definition) is 3. The summed E-state index contributed by atoms with van der Waals surface area (Å²) in [7, 11) is 0. The molecule has 2 aromatic rings. The van der Waals surface area contributed by atoms with Gasteiger partial charge in [-0.15, -0.1) is 0 Å². The van der Waals surface area contributed by atoms with Gasteiger partial charge in [0.2, 0.25) is 5.88 Å². The molecule has 2 rings (SSSR count). The first kappa shape index (κ1) is 12.9. The Hall–Kier alpha value is -1.58.